The largest absolute Gasteiger partial charge is 0.472 e. The van der Waals surface area contributed by atoms with E-state index in [1.165, 1.54) is 64.2 Å². The maximum absolute atomic E-state index is 12.9. The molecule has 3 unspecified atom stereocenters. The van der Waals surface area contributed by atoms with Crippen molar-refractivity contribution in [3.63, 3.8) is 0 Å². The minimum absolute atomic E-state index is 0.147. The molecule has 0 spiro atoms. The number of aliphatic hydroxyl groups is 1. The molecule has 12 heteroatoms. The van der Waals surface area contributed by atoms with Gasteiger partial charge in [-0.25, -0.2) is 4.57 Å². The van der Waals surface area contributed by atoms with Crippen molar-refractivity contribution in [3.05, 3.63) is 85.1 Å². The van der Waals surface area contributed by atoms with Crippen LogP contribution in [0.15, 0.2) is 85.1 Å². The first-order valence-corrected chi connectivity index (χ1v) is 32.0. The van der Waals surface area contributed by atoms with Gasteiger partial charge in [0.2, 0.25) is 0 Å². The second kappa shape index (κ2) is 57.8. The van der Waals surface area contributed by atoms with E-state index >= 15 is 0 Å². The van der Waals surface area contributed by atoms with Crippen molar-refractivity contribution < 1.29 is 52.2 Å². The van der Waals surface area contributed by atoms with E-state index in [4.69, 9.17) is 23.3 Å². The van der Waals surface area contributed by atoms with E-state index in [-0.39, 0.29) is 25.9 Å². The Morgan fingerprint density at radius 3 is 1.12 bits per heavy atom. The number of phosphoric ester groups is 1. The second-order valence-electron chi connectivity index (χ2n) is 20.1. The van der Waals surface area contributed by atoms with Gasteiger partial charge in [-0.1, -0.05) is 221 Å². The molecule has 0 aliphatic carbocycles. The fourth-order valence-electron chi connectivity index (χ4n) is 8.14. The quantitative estimate of drug-likeness (QED) is 0.0197. The summed E-state index contributed by atoms with van der Waals surface area (Å²) in [6, 6.07) is 0. The van der Waals surface area contributed by atoms with E-state index in [1.807, 2.05) is 0 Å². The molecule has 2 N–H and O–H groups in total. The Hall–Kier alpha value is -3.34. The Morgan fingerprint density at radius 1 is 0.382 bits per heavy atom. The van der Waals surface area contributed by atoms with Crippen LogP contribution in [0, 0.1) is 0 Å². The van der Waals surface area contributed by atoms with Crippen LogP contribution in [0.3, 0.4) is 0 Å². The summed E-state index contributed by atoms with van der Waals surface area (Å²) in [4.78, 5) is 48.6. The Morgan fingerprint density at radius 2 is 0.711 bits per heavy atom. The van der Waals surface area contributed by atoms with E-state index in [2.05, 4.69) is 106 Å². The number of phosphoric acid groups is 1. The fraction of sp³-hybridized carbons (Fsp3) is 0.734. The summed E-state index contributed by atoms with van der Waals surface area (Å²) in [5.41, 5.74) is 0. The molecule has 0 aliphatic heterocycles. The number of unbranched alkanes of at least 4 members (excludes halogenated alkanes) is 25. The van der Waals surface area contributed by atoms with E-state index in [0.29, 0.717) is 19.3 Å². The second-order valence-corrected chi connectivity index (χ2v) is 21.6. The van der Waals surface area contributed by atoms with E-state index < -0.39 is 57.8 Å². The van der Waals surface area contributed by atoms with E-state index in [1.54, 1.807) is 0 Å². The normalized spacial score (nSPS) is 13.9. The number of ether oxygens (including phenoxy) is 3. The summed E-state index contributed by atoms with van der Waals surface area (Å²) in [5, 5.41) is 9.82. The van der Waals surface area contributed by atoms with Crippen LogP contribution in [-0.2, 0) is 42.2 Å². The number of esters is 3. The molecule has 11 nitrogen and oxygen atoms in total. The van der Waals surface area contributed by atoms with Crippen LogP contribution in [0.4, 0.5) is 0 Å². The van der Waals surface area contributed by atoms with Crippen LogP contribution in [-0.4, -0.2) is 66.5 Å². The Kier molecular flexibility index (Phi) is 55.3. The average molecular weight is 1090 g/mol. The zero-order valence-electron chi connectivity index (χ0n) is 48.5. The fourth-order valence-corrected chi connectivity index (χ4v) is 8.93. The summed E-state index contributed by atoms with van der Waals surface area (Å²) in [7, 11) is -4.76. The highest BCUT2D eigenvalue weighted by molar-refractivity contribution is 7.47. The predicted octanol–water partition coefficient (Wildman–Crippen LogP) is 18.3. The zero-order valence-corrected chi connectivity index (χ0v) is 49.3. The Bertz CT molecular complexity index is 1600. The highest BCUT2D eigenvalue weighted by atomic mass is 31.2. The predicted molar refractivity (Wildman–Crippen MR) is 316 cm³/mol. The molecule has 438 valence electrons. The number of hydrogen-bond donors (Lipinski definition) is 2. The average Bonchev–Trinajstić information content (AvgIpc) is 3.41. The number of rotatable bonds is 56. The molecule has 0 radical (unpaired) electrons. The molecule has 0 aliphatic rings. The maximum atomic E-state index is 12.9. The summed E-state index contributed by atoms with van der Waals surface area (Å²) >= 11 is 0. The van der Waals surface area contributed by atoms with Crippen molar-refractivity contribution in [1.29, 1.82) is 0 Å². The standard InChI is InChI=1S/C64H111O11P/c1-4-7-10-13-16-19-22-25-27-29-30-32-34-37-40-43-46-49-52-55-64(68)75-61(57-71-62(66)53-50-47-44-41-38-36-33-31-28-26-23-20-17-14-11-8-5-2)59-73-76(69,70)72-58-60(56-65)74-63(67)54-51-48-45-42-39-35-24-21-18-15-12-9-6-3/h7,10,12,15-16,19,21,24-28,30,32,60-61,65H,4-6,8-9,11,13-14,17-18,20,22-23,29,31,33-59H2,1-3H3,(H,69,70)/b10-7-,15-12-,19-16-,24-21-,27-25-,28-26-,32-30-. The van der Waals surface area contributed by atoms with Crippen molar-refractivity contribution in [1.82, 2.24) is 0 Å². The monoisotopic (exact) mass is 1090 g/mol. The van der Waals surface area contributed by atoms with Gasteiger partial charge >= 0.3 is 25.7 Å². The SMILES string of the molecule is CC/C=C\C/C=C\C/C=C\C/C=C\CCCCCCCCC(=O)OC(COC(=O)CCCCCCCCC/C=C\CCCCCCCC)COP(=O)(O)OCC(CO)OC(=O)CCCCCCC/C=C\C/C=C\CCC. The number of allylic oxidation sites excluding steroid dienone is 14. The number of aliphatic hydroxyl groups excluding tert-OH is 1. The minimum atomic E-state index is -4.76. The lowest BCUT2D eigenvalue weighted by molar-refractivity contribution is -0.161. The topological polar surface area (TPSA) is 155 Å². The first-order chi connectivity index (χ1) is 37.2. The van der Waals surface area contributed by atoms with Crippen LogP contribution in [0.5, 0.6) is 0 Å². The Balaban J connectivity index is 4.76. The van der Waals surface area contributed by atoms with Crippen LogP contribution in [0.1, 0.15) is 265 Å². The molecule has 3 atom stereocenters. The van der Waals surface area contributed by atoms with Crippen molar-refractivity contribution in [2.45, 2.75) is 277 Å². The molecule has 0 saturated carbocycles. The van der Waals surface area contributed by atoms with Gasteiger partial charge in [0, 0.05) is 19.3 Å². The van der Waals surface area contributed by atoms with Crippen LogP contribution < -0.4 is 0 Å². The summed E-state index contributed by atoms with van der Waals surface area (Å²) in [5.74, 6) is -1.50. The van der Waals surface area contributed by atoms with E-state index in [9.17, 15) is 28.9 Å². The van der Waals surface area contributed by atoms with Gasteiger partial charge in [-0.05, 0) is 109 Å². The molecule has 0 aromatic heterocycles. The summed E-state index contributed by atoms with van der Waals surface area (Å²) in [6.07, 6.45) is 66.8. The zero-order chi connectivity index (χ0) is 55.5. The third-order valence-corrected chi connectivity index (χ3v) is 13.7. The first kappa shape index (κ1) is 72.7. The van der Waals surface area contributed by atoms with Crippen molar-refractivity contribution in [2.24, 2.45) is 0 Å². The van der Waals surface area contributed by atoms with Crippen LogP contribution >= 0.6 is 7.82 Å². The van der Waals surface area contributed by atoms with Gasteiger partial charge in [0.25, 0.3) is 0 Å². The van der Waals surface area contributed by atoms with Gasteiger partial charge in [-0.3, -0.25) is 23.4 Å². The molecular weight excluding hydrogens is 976 g/mol. The molecule has 0 aromatic rings. The van der Waals surface area contributed by atoms with E-state index in [0.717, 1.165) is 141 Å². The molecule has 0 bridgehead atoms. The van der Waals surface area contributed by atoms with Gasteiger partial charge in [-0.15, -0.1) is 0 Å². The summed E-state index contributed by atoms with van der Waals surface area (Å²) in [6.45, 7) is 4.44. The third kappa shape index (κ3) is 55.4. The minimum Gasteiger partial charge on any atom is -0.462 e. The lowest BCUT2D eigenvalue weighted by atomic mass is 10.1. The molecule has 0 amide bonds. The molecule has 0 heterocycles. The molecule has 0 rings (SSSR count). The smallest absolute Gasteiger partial charge is 0.462 e. The molecule has 76 heavy (non-hydrogen) atoms. The molecule has 0 fully saturated rings. The highest BCUT2D eigenvalue weighted by Crippen LogP contribution is 2.43. The lowest BCUT2D eigenvalue weighted by Gasteiger charge is -2.21. The summed E-state index contributed by atoms with van der Waals surface area (Å²) < 4.78 is 39.6. The van der Waals surface area contributed by atoms with Crippen molar-refractivity contribution >= 4 is 25.7 Å². The number of hydrogen-bond acceptors (Lipinski definition) is 10. The van der Waals surface area contributed by atoms with Gasteiger partial charge in [0.15, 0.2) is 6.10 Å². The number of carbonyl (C=O) groups excluding carboxylic acids is 3. The first-order valence-electron chi connectivity index (χ1n) is 30.5. The van der Waals surface area contributed by atoms with Gasteiger partial charge in [-0.2, -0.15) is 0 Å². The highest BCUT2D eigenvalue weighted by Gasteiger charge is 2.28. The molecule has 0 aromatic carbocycles. The maximum Gasteiger partial charge on any atom is 0.472 e. The Labute approximate surface area is 464 Å². The molecule has 0 saturated heterocycles. The number of carbonyl (C=O) groups is 3. The van der Waals surface area contributed by atoms with Gasteiger partial charge in [0.1, 0.15) is 12.7 Å². The molecular formula is C64H111O11P. The van der Waals surface area contributed by atoms with Crippen LogP contribution in [0.25, 0.3) is 0 Å². The van der Waals surface area contributed by atoms with Crippen molar-refractivity contribution in [2.75, 3.05) is 26.4 Å². The van der Waals surface area contributed by atoms with Crippen LogP contribution in [0.2, 0.25) is 0 Å². The van der Waals surface area contributed by atoms with Gasteiger partial charge < -0.3 is 24.2 Å². The van der Waals surface area contributed by atoms with Gasteiger partial charge in [0.05, 0.1) is 19.8 Å². The van der Waals surface area contributed by atoms with Crippen molar-refractivity contribution in [3.8, 4) is 0 Å². The lowest BCUT2D eigenvalue weighted by Crippen LogP contribution is -2.30. The third-order valence-electron chi connectivity index (χ3n) is 12.8.